The van der Waals surface area contributed by atoms with E-state index in [0.717, 1.165) is 18.8 Å². The first-order valence-corrected chi connectivity index (χ1v) is 23.7. The summed E-state index contributed by atoms with van der Waals surface area (Å²) >= 11 is 0. The van der Waals surface area contributed by atoms with Crippen molar-refractivity contribution in [3.05, 3.63) is 77.4 Å². The van der Waals surface area contributed by atoms with Gasteiger partial charge in [-0.3, -0.25) is 0 Å². The molecule has 0 heterocycles. The Morgan fingerprint density at radius 3 is 2.16 bits per heavy atom. The number of hydrogen-bond donors (Lipinski definition) is 0. The van der Waals surface area contributed by atoms with Gasteiger partial charge < -0.3 is 8.85 Å². The van der Waals surface area contributed by atoms with Crippen molar-refractivity contribution in [2.75, 3.05) is 0 Å². The normalized spacial score (nSPS) is 31.2. The van der Waals surface area contributed by atoms with Crippen LogP contribution < -0.4 is 0 Å². The molecule has 3 aliphatic rings. The van der Waals surface area contributed by atoms with Crippen LogP contribution in [0, 0.1) is 23.2 Å². The highest BCUT2D eigenvalue weighted by molar-refractivity contribution is 6.74. The molecule has 0 aliphatic heterocycles. The van der Waals surface area contributed by atoms with Crippen LogP contribution in [-0.4, -0.2) is 28.8 Å². The van der Waals surface area contributed by atoms with E-state index in [0.29, 0.717) is 17.3 Å². The zero-order chi connectivity index (χ0) is 33.4. The number of benzene rings is 1. The summed E-state index contributed by atoms with van der Waals surface area (Å²) in [4.78, 5) is 0. The molecule has 0 unspecified atom stereocenters. The van der Waals surface area contributed by atoms with E-state index >= 15 is 0 Å². The molecule has 0 N–H and O–H groups in total. The molecule has 1 aromatic carbocycles. The van der Waals surface area contributed by atoms with Gasteiger partial charge in [-0.2, -0.15) is 0 Å². The Bertz CT molecular complexity index is 1270. The Morgan fingerprint density at radius 2 is 1.53 bits per heavy atom. The van der Waals surface area contributed by atoms with Crippen molar-refractivity contribution >= 4 is 22.7 Å². The lowest BCUT2D eigenvalue weighted by Crippen LogP contribution is -2.49. The second kappa shape index (κ2) is 13.6. The van der Waals surface area contributed by atoms with Gasteiger partial charge in [0.15, 0.2) is 16.6 Å². The van der Waals surface area contributed by atoms with Crippen molar-refractivity contribution in [3.63, 3.8) is 0 Å². The Hall–Kier alpha value is -1.47. The molecule has 3 saturated carbocycles. The first kappa shape index (κ1) is 36.4. The van der Waals surface area contributed by atoms with Crippen LogP contribution in [0.5, 0.6) is 0 Å². The summed E-state index contributed by atoms with van der Waals surface area (Å²) in [6.45, 7) is 33.3. The van der Waals surface area contributed by atoms with Crippen LogP contribution in [0.4, 0.5) is 0 Å². The van der Waals surface area contributed by atoms with E-state index < -0.39 is 16.6 Å². The summed E-state index contributed by atoms with van der Waals surface area (Å²) < 4.78 is 14.2. The fourth-order valence-electron chi connectivity index (χ4n) is 7.87. The SMILES string of the molecule is C=C1/C(=C/C=C2\CCC[C@]3(C)[C@@H]([C@H](C)/C=C\c4ccccc4)CC[C@@H]23)C[C@@H](O[Si](C)(C)C(C)(C)C)C[C@@H]1O[Si](C)(C)C(C)(C)C. The van der Waals surface area contributed by atoms with Gasteiger partial charge in [0.1, 0.15) is 0 Å². The van der Waals surface area contributed by atoms with Gasteiger partial charge in [0.2, 0.25) is 0 Å². The maximum atomic E-state index is 7.10. The van der Waals surface area contributed by atoms with Gasteiger partial charge in [0.05, 0.1) is 12.2 Å². The lowest BCUT2D eigenvalue weighted by Gasteiger charge is -2.45. The van der Waals surface area contributed by atoms with Crippen LogP contribution in [0.1, 0.15) is 106 Å². The molecule has 4 heteroatoms. The maximum absolute atomic E-state index is 7.10. The van der Waals surface area contributed by atoms with E-state index in [2.05, 4.69) is 136 Å². The topological polar surface area (TPSA) is 18.5 Å². The molecule has 6 atom stereocenters. The molecule has 0 radical (unpaired) electrons. The lowest BCUT2D eigenvalue weighted by atomic mass is 9.61. The molecule has 45 heavy (non-hydrogen) atoms. The molecule has 250 valence electrons. The lowest BCUT2D eigenvalue weighted by molar-refractivity contribution is 0.0969. The van der Waals surface area contributed by atoms with Crippen LogP contribution in [0.2, 0.25) is 36.3 Å². The third-order valence-electron chi connectivity index (χ3n) is 12.8. The molecule has 0 bridgehead atoms. The molecule has 3 aliphatic carbocycles. The number of allylic oxidation sites excluding steroid dienone is 4. The average molecular weight is 647 g/mol. The molecule has 4 rings (SSSR count). The van der Waals surface area contributed by atoms with E-state index in [1.807, 2.05) is 0 Å². The highest BCUT2D eigenvalue weighted by Crippen LogP contribution is 2.59. The fourth-order valence-corrected chi connectivity index (χ4v) is 10.5. The first-order valence-electron chi connectivity index (χ1n) is 17.9. The quantitative estimate of drug-likeness (QED) is 0.262. The maximum Gasteiger partial charge on any atom is 0.192 e. The Balaban J connectivity index is 1.59. The highest BCUT2D eigenvalue weighted by Gasteiger charge is 2.50. The minimum atomic E-state index is -1.97. The predicted octanol–water partition coefficient (Wildman–Crippen LogP) is 12.5. The van der Waals surface area contributed by atoms with Gasteiger partial charge in [0.25, 0.3) is 0 Å². The minimum Gasteiger partial charge on any atom is -0.413 e. The first-order chi connectivity index (χ1) is 20.7. The number of rotatable bonds is 8. The van der Waals surface area contributed by atoms with E-state index in [4.69, 9.17) is 15.4 Å². The van der Waals surface area contributed by atoms with Gasteiger partial charge in [-0.15, -0.1) is 0 Å². The number of hydrogen-bond acceptors (Lipinski definition) is 2. The summed E-state index contributed by atoms with van der Waals surface area (Å²) in [5, 5.41) is 0.341. The van der Waals surface area contributed by atoms with Crippen molar-refractivity contribution < 1.29 is 8.85 Å². The number of fused-ring (bicyclic) bond motifs is 1. The zero-order valence-corrected chi connectivity index (χ0v) is 33.1. The predicted molar refractivity (Wildman–Crippen MR) is 201 cm³/mol. The van der Waals surface area contributed by atoms with Crippen molar-refractivity contribution in [2.24, 2.45) is 23.2 Å². The van der Waals surface area contributed by atoms with Crippen molar-refractivity contribution in [2.45, 2.75) is 149 Å². The van der Waals surface area contributed by atoms with Crippen molar-refractivity contribution in [1.29, 1.82) is 0 Å². The summed E-state index contributed by atoms with van der Waals surface area (Å²) in [6, 6.07) is 10.8. The van der Waals surface area contributed by atoms with Gasteiger partial charge in [-0.25, -0.2) is 0 Å². The van der Waals surface area contributed by atoms with Crippen LogP contribution in [0.15, 0.2) is 71.9 Å². The molecular weight excluding hydrogens is 581 g/mol. The summed E-state index contributed by atoms with van der Waals surface area (Å²) in [5.74, 6) is 1.99. The van der Waals surface area contributed by atoms with Crippen LogP contribution in [0.25, 0.3) is 6.08 Å². The second-order valence-corrected chi connectivity index (χ2v) is 27.5. The average Bonchev–Trinajstić information content (AvgIpc) is 3.29. The Labute approximate surface area is 280 Å². The Morgan fingerprint density at radius 1 is 0.911 bits per heavy atom. The van der Waals surface area contributed by atoms with Crippen molar-refractivity contribution in [1.82, 2.24) is 0 Å². The summed E-state index contributed by atoms with van der Waals surface area (Å²) in [7, 11) is -3.89. The molecule has 0 amide bonds. The third-order valence-corrected chi connectivity index (χ3v) is 21.8. The molecule has 0 saturated heterocycles. The standard InChI is InChI=1S/C41H66O2Si2/c1-30(21-22-32-18-15-14-16-19-32)36-25-26-37-33(20-17-27-41(36,37)9)23-24-34-28-35(42-44(10,11)39(3,4)5)29-38(31(34)2)43-45(12,13)40(6,7)8/h14-16,18-19,21-24,30,35-38H,2,17,20,25-29H2,1,3-13H3/b22-21-,33-23+,34-24+/t30-,35-,36-,37+,38+,41-/m1/s1. The van der Waals surface area contributed by atoms with Gasteiger partial charge in [-0.05, 0) is 115 Å². The summed E-state index contributed by atoms with van der Waals surface area (Å²) in [6.07, 6.45) is 18.4. The van der Waals surface area contributed by atoms with E-state index in [1.165, 1.54) is 48.8 Å². The monoisotopic (exact) mass is 646 g/mol. The molecule has 0 aromatic heterocycles. The second-order valence-electron chi connectivity index (χ2n) is 18.0. The highest BCUT2D eigenvalue weighted by atomic mass is 28.4. The van der Waals surface area contributed by atoms with Crippen LogP contribution >= 0.6 is 0 Å². The van der Waals surface area contributed by atoms with Gasteiger partial charge >= 0.3 is 0 Å². The van der Waals surface area contributed by atoms with E-state index in [1.54, 1.807) is 5.57 Å². The van der Waals surface area contributed by atoms with Crippen molar-refractivity contribution in [3.8, 4) is 0 Å². The molecule has 1 aromatic rings. The zero-order valence-electron chi connectivity index (χ0n) is 31.1. The smallest absolute Gasteiger partial charge is 0.192 e. The molecular formula is C41H66O2Si2. The summed E-state index contributed by atoms with van der Waals surface area (Å²) in [5.41, 5.74) is 5.88. The largest absolute Gasteiger partial charge is 0.413 e. The molecule has 2 nitrogen and oxygen atoms in total. The molecule has 3 fully saturated rings. The van der Waals surface area contributed by atoms with E-state index in [9.17, 15) is 0 Å². The van der Waals surface area contributed by atoms with Crippen LogP contribution in [0.3, 0.4) is 0 Å². The Kier molecular flexibility index (Phi) is 11.0. The van der Waals surface area contributed by atoms with Gasteiger partial charge in [0, 0.05) is 6.42 Å². The third kappa shape index (κ3) is 8.16. The fraction of sp³-hybridized carbons (Fsp3) is 0.659. The minimum absolute atomic E-state index is 0.0313. The van der Waals surface area contributed by atoms with E-state index in [-0.39, 0.29) is 22.3 Å². The molecule has 0 spiro atoms. The van der Waals surface area contributed by atoms with Crippen LogP contribution in [-0.2, 0) is 8.85 Å². The van der Waals surface area contributed by atoms with Gasteiger partial charge in [-0.1, -0.05) is 122 Å².